The molecule has 4 heterocycles. The van der Waals surface area contributed by atoms with Gasteiger partial charge in [-0.15, -0.1) is 0 Å². The van der Waals surface area contributed by atoms with E-state index in [-0.39, 0.29) is 35.3 Å². The van der Waals surface area contributed by atoms with Crippen molar-refractivity contribution in [1.29, 1.82) is 0 Å². The Labute approximate surface area is 138 Å². The summed E-state index contributed by atoms with van der Waals surface area (Å²) in [5.74, 6) is -0.193. The summed E-state index contributed by atoms with van der Waals surface area (Å²) in [4.78, 5) is 30.6. The monoisotopic (exact) mass is 330 g/mol. The number of aliphatic imine (C=N–C) groups is 1. The number of ether oxygens (including phenoxy) is 1. The van der Waals surface area contributed by atoms with Crippen LogP contribution in [0.2, 0.25) is 0 Å². The number of aromatic nitrogens is 1. The smallest absolute Gasteiger partial charge is 0.278 e. The highest BCUT2D eigenvalue weighted by molar-refractivity contribution is 5.96. The molecule has 4 rings (SSSR count). The maximum atomic E-state index is 12.8. The van der Waals surface area contributed by atoms with Crippen LogP contribution in [0.25, 0.3) is 0 Å². The highest BCUT2D eigenvalue weighted by Gasteiger charge is 2.42. The van der Waals surface area contributed by atoms with Crippen molar-refractivity contribution in [2.75, 3.05) is 18.6 Å². The number of allylic oxidation sites excluding steroid dienone is 1. The summed E-state index contributed by atoms with van der Waals surface area (Å²) in [6, 6.07) is 1.35. The number of carbonyl (C=O) groups is 1. The van der Waals surface area contributed by atoms with E-state index in [1.54, 1.807) is 12.4 Å². The second-order valence-electron chi connectivity index (χ2n) is 6.15. The van der Waals surface area contributed by atoms with E-state index in [1.165, 1.54) is 21.8 Å². The normalized spacial score (nSPS) is 27.6. The number of aliphatic hydroxyl groups is 1. The molecule has 3 aliphatic rings. The van der Waals surface area contributed by atoms with Crippen LogP contribution in [0.3, 0.4) is 0 Å². The average molecular weight is 330 g/mol. The Hall–Kier alpha value is -2.61. The minimum atomic E-state index is -0.629. The fourth-order valence-electron chi connectivity index (χ4n) is 3.23. The van der Waals surface area contributed by atoms with Crippen LogP contribution in [0.5, 0.6) is 5.75 Å². The van der Waals surface area contributed by atoms with Crippen molar-refractivity contribution in [3.63, 3.8) is 0 Å². The Kier molecular flexibility index (Phi) is 3.61. The molecule has 0 radical (unpaired) electrons. The van der Waals surface area contributed by atoms with Gasteiger partial charge in [-0.1, -0.05) is 6.08 Å². The molecule has 2 N–H and O–H groups in total. The van der Waals surface area contributed by atoms with Gasteiger partial charge in [0.25, 0.3) is 5.91 Å². The van der Waals surface area contributed by atoms with Gasteiger partial charge in [0.2, 0.25) is 5.43 Å². The first-order chi connectivity index (χ1) is 11.6. The molecule has 24 heavy (non-hydrogen) atoms. The largest absolute Gasteiger partial charge is 0.487 e. The molecule has 1 aromatic rings. The van der Waals surface area contributed by atoms with Gasteiger partial charge in [-0.2, -0.15) is 0 Å². The molecule has 0 saturated carbocycles. The molecular weight excluding hydrogens is 312 g/mol. The summed E-state index contributed by atoms with van der Waals surface area (Å²) < 4.78 is 7.19. The first kappa shape index (κ1) is 14.9. The van der Waals surface area contributed by atoms with Crippen LogP contribution < -0.4 is 15.6 Å². The molecule has 0 aromatic carbocycles. The SMILES string of the molecule is O=C1c2c(OCC3C=NC=CC3)c(=O)ccn2NC2C(O)CCN12. The van der Waals surface area contributed by atoms with Crippen molar-refractivity contribution < 1.29 is 14.6 Å². The summed E-state index contributed by atoms with van der Waals surface area (Å²) in [6.07, 6.45) is 7.12. The number of hydrogen-bond donors (Lipinski definition) is 2. The maximum Gasteiger partial charge on any atom is 0.278 e. The molecule has 1 amide bonds. The Morgan fingerprint density at radius 2 is 2.29 bits per heavy atom. The zero-order valence-electron chi connectivity index (χ0n) is 13.0. The molecule has 3 aliphatic heterocycles. The van der Waals surface area contributed by atoms with Crippen LogP contribution in [-0.2, 0) is 0 Å². The Balaban J connectivity index is 1.64. The molecule has 0 aliphatic carbocycles. The Morgan fingerprint density at radius 3 is 3.08 bits per heavy atom. The topological polar surface area (TPSA) is 96.2 Å². The van der Waals surface area contributed by atoms with Crippen LogP contribution in [0.1, 0.15) is 23.3 Å². The van der Waals surface area contributed by atoms with E-state index in [0.29, 0.717) is 13.0 Å². The second-order valence-corrected chi connectivity index (χ2v) is 6.15. The van der Waals surface area contributed by atoms with Gasteiger partial charge < -0.3 is 20.2 Å². The molecule has 126 valence electrons. The number of pyridine rings is 1. The number of rotatable bonds is 3. The maximum absolute atomic E-state index is 12.8. The van der Waals surface area contributed by atoms with Gasteiger partial charge in [0, 0.05) is 37.1 Å². The summed E-state index contributed by atoms with van der Waals surface area (Å²) >= 11 is 0. The van der Waals surface area contributed by atoms with E-state index in [9.17, 15) is 14.7 Å². The Bertz CT molecular complexity index is 785. The predicted molar refractivity (Wildman–Crippen MR) is 86.7 cm³/mol. The van der Waals surface area contributed by atoms with E-state index >= 15 is 0 Å². The number of aliphatic hydroxyl groups excluding tert-OH is 1. The second kappa shape index (κ2) is 5.79. The van der Waals surface area contributed by atoms with Gasteiger partial charge in [0.1, 0.15) is 6.17 Å². The van der Waals surface area contributed by atoms with Gasteiger partial charge in [0.05, 0.1) is 12.7 Å². The molecule has 1 saturated heterocycles. The van der Waals surface area contributed by atoms with Gasteiger partial charge in [-0.05, 0) is 12.8 Å². The van der Waals surface area contributed by atoms with Crippen molar-refractivity contribution in [3.8, 4) is 5.75 Å². The fraction of sp³-hybridized carbons (Fsp3) is 0.438. The summed E-state index contributed by atoms with van der Waals surface area (Å²) in [5, 5.41) is 9.98. The molecule has 0 spiro atoms. The first-order valence-electron chi connectivity index (χ1n) is 7.97. The third-order valence-electron chi connectivity index (χ3n) is 4.52. The molecule has 0 bridgehead atoms. The van der Waals surface area contributed by atoms with Gasteiger partial charge >= 0.3 is 0 Å². The molecule has 8 nitrogen and oxygen atoms in total. The van der Waals surface area contributed by atoms with Crippen LogP contribution in [0.15, 0.2) is 34.3 Å². The molecule has 8 heteroatoms. The highest BCUT2D eigenvalue weighted by atomic mass is 16.5. The minimum Gasteiger partial charge on any atom is -0.487 e. The number of nitrogens with zero attached hydrogens (tertiary/aromatic N) is 3. The van der Waals surface area contributed by atoms with Gasteiger partial charge in [0.15, 0.2) is 11.4 Å². The van der Waals surface area contributed by atoms with Crippen LogP contribution >= 0.6 is 0 Å². The van der Waals surface area contributed by atoms with E-state index in [2.05, 4.69) is 10.4 Å². The highest BCUT2D eigenvalue weighted by Crippen LogP contribution is 2.27. The lowest BCUT2D eigenvalue weighted by molar-refractivity contribution is 0.0595. The van der Waals surface area contributed by atoms with E-state index < -0.39 is 12.3 Å². The summed E-state index contributed by atoms with van der Waals surface area (Å²) in [5.41, 5.74) is 2.90. The lowest BCUT2D eigenvalue weighted by Gasteiger charge is -2.35. The molecule has 3 atom stereocenters. The predicted octanol–water partition coefficient (Wildman–Crippen LogP) is -0.0785. The van der Waals surface area contributed by atoms with Crippen molar-refractivity contribution >= 4 is 12.1 Å². The molecule has 1 fully saturated rings. The zero-order chi connectivity index (χ0) is 16.7. The summed E-state index contributed by atoms with van der Waals surface area (Å²) in [6.45, 7) is 0.722. The van der Waals surface area contributed by atoms with Crippen molar-refractivity contribution in [2.45, 2.75) is 25.1 Å². The first-order valence-corrected chi connectivity index (χ1v) is 7.97. The summed E-state index contributed by atoms with van der Waals surface area (Å²) in [7, 11) is 0. The molecule has 1 aromatic heterocycles. The number of amides is 1. The van der Waals surface area contributed by atoms with Crippen LogP contribution in [-0.4, -0.2) is 52.2 Å². The molecular formula is C16H18N4O4. The van der Waals surface area contributed by atoms with E-state index in [1.807, 2.05) is 6.08 Å². The third kappa shape index (κ3) is 2.39. The lowest BCUT2D eigenvalue weighted by Crippen LogP contribution is -2.54. The zero-order valence-corrected chi connectivity index (χ0v) is 13.0. The van der Waals surface area contributed by atoms with E-state index in [0.717, 1.165) is 6.42 Å². The number of fused-ring (bicyclic) bond motifs is 2. The average Bonchev–Trinajstić information content (AvgIpc) is 2.97. The lowest BCUT2D eigenvalue weighted by atomic mass is 10.1. The van der Waals surface area contributed by atoms with Crippen molar-refractivity contribution in [1.82, 2.24) is 9.58 Å². The fourth-order valence-corrected chi connectivity index (χ4v) is 3.23. The minimum absolute atomic E-state index is 0.0396. The van der Waals surface area contributed by atoms with E-state index in [4.69, 9.17) is 4.74 Å². The number of nitrogens with one attached hydrogen (secondary N) is 1. The Morgan fingerprint density at radius 1 is 1.42 bits per heavy atom. The van der Waals surface area contributed by atoms with Crippen molar-refractivity contribution in [3.05, 3.63) is 40.5 Å². The standard InChI is InChI=1S/C16H18N4O4/c21-11-4-7-20-13(14(11)24-9-10-2-1-5-17-8-10)16(23)19-6-3-12(22)15(19)18-20/h1,4-5,7-8,10,12,15,18,22H,2-3,6,9H2. The van der Waals surface area contributed by atoms with Crippen LogP contribution in [0.4, 0.5) is 0 Å². The van der Waals surface area contributed by atoms with Crippen LogP contribution in [0, 0.1) is 5.92 Å². The van der Waals surface area contributed by atoms with Gasteiger partial charge in [-0.3, -0.25) is 19.3 Å². The third-order valence-corrected chi connectivity index (χ3v) is 4.52. The van der Waals surface area contributed by atoms with Gasteiger partial charge in [-0.25, -0.2) is 0 Å². The quantitative estimate of drug-likeness (QED) is 0.808. The molecule has 3 unspecified atom stereocenters. The number of hydrogen-bond acceptors (Lipinski definition) is 6. The van der Waals surface area contributed by atoms with Crippen molar-refractivity contribution in [2.24, 2.45) is 10.9 Å². The number of carbonyl (C=O) groups excluding carboxylic acids is 1.